The standard InChI is InChI=1S/C24H12O2/c25-23-18-7-3-1-5-14(18)16-11-9-13-10-12-17-15-6-2-4-8-19(15)24(26)22(17)20(13)21(16)23/h1-12H. The molecule has 6 aromatic rings. The van der Waals surface area contributed by atoms with Gasteiger partial charge < -0.3 is 0 Å². The number of rotatable bonds is 0. The lowest BCUT2D eigenvalue weighted by molar-refractivity contribution is 1.80. The van der Waals surface area contributed by atoms with Gasteiger partial charge in [-0.05, 0) is 26.9 Å². The van der Waals surface area contributed by atoms with Gasteiger partial charge in [0.25, 0.3) is 0 Å². The van der Waals surface area contributed by atoms with E-state index < -0.39 is 0 Å². The van der Waals surface area contributed by atoms with E-state index in [9.17, 15) is 9.59 Å². The molecule has 0 aliphatic rings. The summed E-state index contributed by atoms with van der Waals surface area (Å²) in [6.07, 6.45) is 0. The molecule has 0 spiro atoms. The second-order valence-electron chi connectivity index (χ2n) is 6.82. The first kappa shape index (κ1) is 13.7. The van der Waals surface area contributed by atoms with Crippen LogP contribution >= 0.6 is 0 Å². The average Bonchev–Trinajstić information content (AvgIpc) is 3.15. The summed E-state index contributed by atoms with van der Waals surface area (Å²) >= 11 is 0. The Bertz CT molecular complexity index is 1490. The molecule has 0 bridgehead atoms. The molecular formula is C24H12O2. The highest BCUT2D eigenvalue weighted by atomic mass is 16.1. The number of hydrogen-bond acceptors (Lipinski definition) is 2. The molecule has 0 fully saturated rings. The molecule has 0 saturated carbocycles. The van der Waals surface area contributed by atoms with E-state index in [1.54, 1.807) is 0 Å². The molecule has 120 valence electrons. The first-order valence-corrected chi connectivity index (χ1v) is 8.63. The van der Waals surface area contributed by atoms with Gasteiger partial charge in [-0.15, -0.1) is 0 Å². The van der Waals surface area contributed by atoms with Crippen molar-refractivity contribution in [1.82, 2.24) is 0 Å². The third-order valence-electron chi connectivity index (χ3n) is 5.56. The Labute approximate surface area is 147 Å². The summed E-state index contributed by atoms with van der Waals surface area (Å²) in [7, 11) is 0. The largest absolute Gasteiger partial charge is 0.289 e. The smallest absolute Gasteiger partial charge is 0.194 e. The third kappa shape index (κ3) is 1.48. The van der Waals surface area contributed by atoms with E-state index in [0.717, 1.165) is 43.1 Å². The maximum Gasteiger partial charge on any atom is 0.194 e. The van der Waals surface area contributed by atoms with Crippen molar-refractivity contribution in [2.24, 2.45) is 0 Å². The Morgan fingerprint density at radius 3 is 1.27 bits per heavy atom. The monoisotopic (exact) mass is 332 g/mol. The Hall–Kier alpha value is -3.52. The van der Waals surface area contributed by atoms with Gasteiger partial charge in [0.15, 0.2) is 10.9 Å². The van der Waals surface area contributed by atoms with Crippen LogP contribution in [0.5, 0.6) is 0 Å². The fourth-order valence-electron chi connectivity index (χ4n) is 4.44. The lowest BCUT2D eigenvalue weighted by Gasteiger charge is -2.02. The predicted octanol–water partition coefficient (Wildman–Crippen LogP) is 5.05. The van der Waals surface area contributed by atoms with Crippen LogP contribution in [0.1, 0.15) is 0 Å². The molecule has 0 amide bonds. The van der Waals surface area contributed by atoms with Gasteiger partial charge in [0.2, 0.25) is 0 Å². The van der Waals surface area contributed by atoms with Crippen molar-refractivity contribution in [2.45, 2.75) is 0 Å². The molecule has 0 aliphatic carbocycles. The fraction of sp³-hybridized carbons (Fsp3) is 0. The first-order chi connectivity index (χ1) is 12.8. The highest BCUT2D eigenvalue weighted by Gasteiger charge is 2.18. The molecule has 0 atom stereocenters. The number of benzene rings is 4. The fourth-order valence-corrected chi connectivity index (χ4v) is 4.44. The van der Waals surface area contributed by atoms with Gasteiger partial charge in [-0.3, -0.25) is 9.59 Å². The summed E-state index contributed by atoms with van der Waals surface area (Å²) in [5.41, 5.74) is 0.0247. The Morgan fingerprint density at radius 1 is 0.385 bits per heavy atom. The normalized spacial score (nSPS) is 12.2. The maximum atomic E-state index is 13.2. The average molecular weight is 332 g/mol. The van der Waals surface area contributed by atoms with Gasteiger partial charge in [0.05, 0.1) is 0 Å². The lowest BCUT2D eigenvalue weighted by atomic mass is 10.00. The van der Waals surface area contributed by atoms with Gasteiger partial charge in [0, 0.05) is 26.9 Å². The van der Waals surface area contributed by atoms with Crippen LogP contribution < -0.4 is 10.9 Å². The predicted molar refractivity (Wildman–Crippen MR) is 109 cm³/mol. The molecular weight excluding hydrogens is 320 g/mol. The second kappa shape index (κ2) is 4.55. The zero-order valence-corrected chi connectivity index (χ0v) is 13.7. The molecule has 2 heteroatoms. The van der Waals surface area contributed by atoms with E-state index in [2.05, 4.69) is 0 Å². The maximum absolute atomic E-state index is 13.2. The highest BCUT2D eigenvalue weighted by molar-refractivity contribution is 6.30. The van der Waals surface area contributed by atoms with Crippen molar-refractivity contribution in [3.8, 4) is 0 Å². The van der Waals surface area contributed by atoms with Crippen LogP contribution in [0.25, 0.3) is 53.9 Å². The van der Waals surface area contributed by atoms with Crippen LogP contribution in [-0.4, -0.2) is 0 Å². The topological polar surface area (TPSA) is 34.1 Å². The molecule has 6 aromatic carbocycles. The van der Waals surface area contributed by atoms with Crippen LogP contribution in [0.2, 0.25) is 0 Å². The quantitative estimate of drug-likeness (QED) is 0.390. The van der Waals surface area contributed by atoms with Crippen molar-refractivity contribution in [2.75, 3.05) is 0 Å². The number of hydrogen-bond donors (Lipinski definition) is 0. The molecule has 0 heterocycles. The molecule has 0 aromatic heterocycles. The van der Waals surface area contributed by atoms with E-state index in [-0.39, 0.29) is 10.9 Å². The van der Waals surface area contributed by atoms with Crippen LogP contribution in [0.4, 0.5) is 0 Å². The van der Waals surface area contributed by atoms with Crippen LogP contribution in [-0.2, 0) is 0 Å². The summed E-state index contributed by atoms with van der Waals surface area (Å²) in [5, 5.41) is 8.26. The van der Waals surface area contributed by atoms with Gasteiger partial charge in [0.1, 0.15) is 0 Å². The summed E-state index contributed by atoms with van der Waals surface area (Å²) < 4.78 is 0. The van der Waals surface area contributed by atoms with Crippen LogP contribution in [0, 0.1) is 0 Å². The Kier molecular flexibility index (Phi) is 2.41. The molecule has 0 saturated heterocycles. The highest BCUT2D eigenvalue weighted by Crippen LogP contribution is 2.36. The molecule has 6 rings (SSSR count). The SMILES string of the molecule is O=c1c2ccccc2c2ccc3ccc4c5ccccc5c(=O)c4c3c12. The summed E-state index contributed by atoms with van der Waals surface area (Å²) in [5.74, 6) is 0. The Morgan fingerprint density at radius 2 is 0.808 bits per heavy atom. The second-order valence-corrected chi connectivity index (χ2v) is 6.82. The van der Waals surface area contributed by atoms with Gasteiger partial charge in [-0.25, -0.2) is 0 Å². The van der Waals surface area contributed by atoms with Crippen molar-refractivity contribution in [3.63, 3.8) is 0 Å². The van der Waals surface area contributed by atoms with E-state index >= 15 is 0 Å². The molecule has 0 aliphatic heterocycles. The number of fused-ring (bicyclic) bond motifs is 9. The summed E-state index contributed by atoms with van der Waals surface area (Å²) in [6.45, 7) is 0. The molecule has 0 N–H and O–H groups in total. The zero-order valence-electron chi connectivity index (χ0n) is 13.7. The van der Waals surface area contributed by atoms with Gasteiger partial charge >= 0.3 is 0 Å². The third-order valence-corrected chi connectivity index (χ3v) is 5.56. The minimum absolute atomic E-state index is 0.0124. The van der Waals surface area contributed by atoms with Crippen LogP contribution in [0.3, 0.4) is 0 Å². The molecule has 0 radical (unpaired) electrons. The van der Waals surface area contributed by atoms with E-state index in [0.29, 0.717) is 10.8 Å². The summed E-state index contributed by atoms with van der Waals surface area (Å²) in [4.78, 5) is 26.3. The molecule has 26 heavy (non-hydrogen) atoms. The minimum atomic E-state index is 0.0124. The van der Waals surface area contributed by atoms with Crippen molar-refractivity contribution in [3.05, 3.63) is 93.2 Å². The van der Waals surface area contributed by atoms with Crippen LogP contribution in [0.15, 0.2) is 82.4 Å². The van der Waals surface area contributed by atoms with Crippen molar-refractivity contribution in [1.29, 1.82) is 0 Å². The van der Waals surface area contributed by atoms with Gasteiger partial charge in [-0.2, -0.15) is 0 Å². The minimum Gasteiger partial charge on any atom is -0.289 e. The first-order valence-electron chi connectivity index (χ1n) is 8.63. The zero-order chi connectivity index (χ0) is 17.4. The Balaban J connectivity index is 2.05. The molecule has 2 nitrogen and oxygen atoms in total. The lowest BCUT2D eigenvalue weighted by Crippen LogP contribution is -1.99. The van der Waals surface area contributed by atoms with Crippen molar-refractivity contribution >= 4 is 53.9 Å². The van der Waals surface area contributed by atoms with Gasteiger partial charge in [-0.1, -0.05) is 72.8 Å². The van der Waals surface area contributed by atoms with Crippen molar-refractivity contribution < 1.29 is 0 Å². The van der Waals surface area contributed by atoms with E-state index in [1.165, 1.54) is 0 Å². The summed E-state index contributed by atoms with van der Waals surface area (Å²) in [6, 6.07) is 23.4. The molecule has 0 unspecified atom stereocenters. The van der Waals surface area contributed by atoms with E-state index in [1.807, 2.05) is 72.8 Å². The van der Waals surface area contributed by atoms with E-state index in [4.69, 9.17) is 0 Å².